The minimum Gasteiger partial charge on any atom is -0.462 e. The van der Waals surface area contributed by atoms with Crippen molar-refractivity contribution in [2.75, 3.05) is 57.5 Å². The summed E-state index contributed by atoms with van der Waals surface area (Å²) in [7, 11) is 3.90. The largest absolute Gasteiger partial charge is 0.462 e. The van der Waals surface area contributed by atoms with Crippen molar-refractivity contribution in [3.63, 3.8) is 0 Å². The zero-order valence-electron chi connectivity index (χ0n) is 29.0. The van der Waals surface area contributed by atoms with E-state index in [4.69, 9.17) is 37.0 Å². The molecule has 14 heteroatoms. The molecule has 4 aromatic rings. The molecule has 0 spiro atoms. The first-order valence-corrected chi connectivity index (χ1v) is 16.7. The van der Waals surface area contributed by atoms with Gasteiger partial charge in [-0.2, -0.15) is 15.0 Å². The van der Waals surface area contributed by atoms with Gasteiger partial charge in [0.05, 0.1) is 38.7 Å². The molecule has 3 aromatic heterocycles. The summed E-state index contributed by atoms with van der Waals surface area (Å²) < 4.78 is 22.7. The standard InChI is InChI=1S/C35H43ClFN9O3/c1-9-26(47)44-13-14-45(21(6)18-44)32-22-17-23(36)30(27-24(37)11-10-12-25(27)38)39-33(22)46(35(48)42-32)31-28(19(2)3)40-34(41-29(31)20(4)5)49-16-15-43(7)8/h9-12,17,19-21H,1,13-16,18,38H2,2-8H3/t21-/m0/s1. The van der Waals surface area contributed by atoms with E-state index in [0.717, 1.165) is 0 Å². The van der Waals surface area contributed by atoms with Crippen LogP contribution in [0.2, 0.25) is 5.02 Å². The van der Waals surface area contributed by atoms with Crippen molar-refractivity contribution in [1.82, 2.24) is 34.3 Å². The molecule has 4 heterocycles. The average Bonchev–Trinajstić information content (AvgIpc) is 3.04. The van der Waals surface area contributed by atoms with E-state index in [9.17, 15) is 9.59 Å². The number of benzene rings is 1. The number of likely N-dealkylation sites (N-methyl/N-ethyl adjacent to an activating group) is 1. The smallest absolute Gasteiger partial charge is 0.355 e. The van der Waals surface area contributed by atoms with E-state index in [1.54, 1.807) is 17.0 Å². The van der Waals surface area contributed by atoms with Crippen molar-refractivity contribution in [1.29, 1.82) is 0 Å². The van der Waals surface area contributed by atoms with Crippen LogP contribution in [0.15, 0.2) is 41.7 Å². The number of carbonyl (C=O) groups is 1. The number of anilines is 2. The molecule has 0 unspecified atom stereocenters. The molecule has 0 bridgehead atoms. The Bertz CT molecular complexity index is 1910. The van der Waals surface area contributed by atoms with Gasteiger partial charge in [-0.1, -0.05) is 51.9 Å². The second kappa shape index (κ2) is 14.5. The first kappa shape index (κ1) is 35.7. The normalized spacial score (nSPS) is 15.1. The molecule has 1 atom stereocenters. The maximum absolute atomic E-state index is 15.4. The van der Waals surface area contributed by atoms with Gasteiger partial charge < -0.3 is 25.2 Å². The summed E-state index contributed by atoms with van der Waals surface area (Å²) in [6.45, 7) is 15.6. The van der Waals surface area contributed by atoms with Crippen molar-refractivity contribution in [2.45, 2.75) is 52.5 Å². The van der Waals surface area contributed by atoms with Crippen LogP contribution in [0.1, 0.15) is 57.8 Å². The summed E-state index contributed by atoms with van der Waals surface area (Å²) in [4.78, 5) is 51.6. The molecular weight excluding hydrogens is 649 g/mol. The second-order valence-corrected chi connectivity index (χ2v) is 13.5. The van der Waals surface area contributed by atoms with Gasteiger partial charge in [-0.15, -0.1) is 0 Å². The highest BCUT2D eigenvalue weighted by Crippen LogP contribution is 2.39. The Morgan fingerprint density at radius 2 is 1.82 bits per heavy atom. The van der Waals surface area contributed by atoms with Gasteiger partial charge in [0, 0.05) is 37.9 Å². The van der Waals surface area contributed by atoms with E-state index in [1.807, 2.05) is 58.5 Å². The van der Waals surface area contributed by atoms with Crippen LogP contribution < -0.4 is 21.1 Å². The van der Waals surface area contributed by atoms with Crippen molar-refractivity contribution in [3.8, 4) is 23.0 Å². The third kappa shape index (κ3) is 7.09. The summed E-state index contributed by atoms with van der Waals surface area (Å²) in [6.07, 6.45) is 1.29. The minimum absolute atomic E-state index is 0.0192. The van der Waals surface area contributed by atoms with E-state index in [-0.39, 0.29) is 57.4 Å². The molecule has 0 saturated carbocycles. The molecule has 1 saturated heterocycles. The molecule has 1 aromatic carbocycles. The number of pyridine rings is 1. The fourth-order valence-electron chi connectivity index (χ4n) is 5.98. The minimum atomic E-state index is -0.629. The van der Waals surface area contributed by atoms with Crippen LogP contribution in [0.5, 0.6) is 6.01 Å². The van der Waals surface area contributed by atoms with E-state index >= 15 is 4.39 Å². The Morgan fingerprint density at radius 3 is 2.39 bits per heavy atom. The molecule has 0 radical (unpaired) electrons. The average molecular weight is 692 g/mol. The van der Waals surface area contributed by atoms with E-state index in [2.05, 4.69) is 11.6 Å². The molecule has 49 heavy (non-hydrogen) atoms. The molecule has 1 fully saturated rings. The molecule has 12 nitrogen and oxygen atoms in total. The fourth-order valence-corrected chi connectivity index (χ4v) is 6.23. The molecule has 5 rings (SSSR count). The van der Waals surface area contributed by atoms with Gasteiger partial charge in [-0.25, -0.2) is 18.7 Å². The Balaban J connectivity index is 1.83. The SMILES string of the molecule is C=CC(=O)N1CCN(c2nc(=O)n(-c3c(C(C)C)nc(OCCN(C)C)nc3C(C)C)c3nc(-c4c(N)cccc4F)c(Cl)cc23)[C@@H](C)C1. The summed E-state index contributed by atoms with van der Waals surface area (Å²) in [5, 5.41) is 0.578. The summed E-state index contributed by atoms with van der Waals surface area (Å²) in [5.41, 5.74) is 7.59. The quantitative estimate of drug-likeness (QED) is 0.178. The first-order valence-electron chi connectivity index (χ1n) is 16.3. The number of piperazine rings is 1. The van der Waals surface area contributed by atoms with Crippen LogP contribution in [0.3, 0.4) is 0 Å². The lowest BCUT2D eigenvalue weighted by atomic mass is 10.0. The number of ether oxygens (including phenoxy) is 1. The maximum Gasteiger partial charge on any atom is 0.355 e. The number of hydrogen-bond donors (Lipinski definition) is 1. The molecular formula is C35H43ClFN9O3. The second-order valence-electron chi connectivity index (χ2n) is 13.1. The fraction of sp³-hybridized carbons (Fsp3) is 0.429. The van der Waals surface area contributed by atoms with Crippen molar-refractivity contribution in [2.24, 2.45) is 0 Å². The van der Waals surface area contributed by atoms with Crippen LogP contribution in [0.25, 0.3) is 28.0 Å². The van der Waals surface area contributed by atoms with Gasteiger partial charge in [0.1, 0.15) is 18.2 Å². The molecule has 1 aliphatic rings. The third-order valence-corrected chi connectivity index (χ3v) is 8.76. The summed E-state index contributed by atoms with van der Waals surface area (Å²) in [5.74, 6) is -0.774. The number of halogens is 2. The number of amides is 1. The van der Waals surface area contributed by atoms with Crippen LogP contribution in [0.4, 0.5) is 15.9 Å². The number of hydrogen-bond acceptors (Lipinski definition) is 10. The maximum atomic E-state index is 15.4. The van der Waals surface area contributed by atoms with Crippen molar-refractivity contribution >= 4 is 40.0 Å². The van der Waals surface area contributed by atoms with Gasteiger partial charge >= 0.3 is 11.7 Å². The topological polar surface area (TPSA) is 136 Å². The van der Waals surface area contributed by atoms with Crippen molar-refractivity contribution < 1.29 is 13.9 Å². The summed E-state index contributed by atoms with van der Waals surface area (Å²) in [6, 6.07) is 5.97. The monoisotopic (exact) mass is 691 g/mol. The molecule has 1 amide bonds. The number of carbonyl (C=O) groups excluding carboxylic acids is 1. The van der Waals surface area contributed by atoms with Gasteiger partial charge in [0.15, 0.2) is 5.65 Å². The molecule has 1 aliphatic heterocycles. The van der Waals surface area contributed by atoms with Gasteiger partial charge in [-0.05, 0) is 57.1 Å². The predicted octanol–water partition coefficient (Wildman–Crippen LogP) is 5.02. The molecule has 260 valence electrons. The number of fused-ring (bicyclic) bond motifs is 1. The van der Waals surface area contributed by atoms with Crippen LogP contribution in [-0.4, -0.2) is 93.1 Å². The number of rotatable bonds is 10. The van der Waals surface area contributed by atoms with E-state index < -0.39 is 11.5 Å². The Hall–Kier alpha value is -4.62. The molecule has 2 N–H and O–H groups in total. The number of nitrogen functional groups attached to an aromatic ring is 1. The Morgan fingerprint density at radius 1 is 1.14 bits per heavy atom. The lowest BCUT2D eigenvalue weighted by molar-refractivity contribution is -0.126. The lowest BCUT2D eigenvalue weighted by Gasteiger charge is -2.40. The number of nitrogens with two attached hydrogens (primary N) is 1. The Labute approximate surface area is 290 Å². The number of nitrogens with zero attached hydrogens (tertiary/aromatic N) is 8. The molecule has 0 aliphatic carbocycles. The van der Waals surface area contributed by atoms with E-state index in [1.165, 1.54) is 22.8 Å². The van der Waals surface area contributed by atoms with Crippen molar-refractivity contribution in [3.05, 3.63) is 69.6 Å². The van der Waals surface area contributed by atoms with Crippen LogP contribution in [0, 0.1) is 5.82 Å². The zero-order valence-corrected chi connectivity index (χ0v) is 29.8. The van der Waals surface area contributed by atoms with Crippen LogP contribution in [-0.2, 0) is 4.79 Å². The first-order chi connectivity index (χ1) is 23.2. The zero-order chi connectivity index (χ0) is 35.7. The van der Waals surface area contributed by atoms with Crippen LogP contribution >= 0.6 is 11.6 Å². The third-order valence-electron chi connectivity index (χ3n) is 8.47. The Kier molecular flexibility index (Phi) is 10.5. The summed E-state index contributed by atoms with van der Waals surface area (Å²) >= 11 is 6.88. The predicted molar refractivity (Wildman–Crippen MR) is 191 cm³/mol. The highest BCUT2D eigenvalue weighted by atomic mass is 35.5. The highest BCUT2D eigenvalue weighted by molar-refractivity contribution is 6.34. The van der Waals surface area contributed by atoms with E-state index in [0.29, 0.717) is 61.1 Å². The van der Waals surface area contributed by atoms with Gasteiger partial charge in [-0.3, -0.25) is 4.79 Å². The number of aromatic nitrogens is 5. The van der Waals surface area contributed by atoms with Gasteiger partial charge in [0.25, 0.3) is 0 Å². The highest BCUT2D eigenvalue weighted by Gasteiger charge is 2.32. The lowest BCUT2D eigenvalue weighted by Crippen LogP contribution is -2.54. The van der Waals surface area contributed by atoms with Gasteiger partial charge in [0.2, 0.25) is 5.91 Å².